The van der Waals surface area contributed by atoms with Crippen molar-refractivity contribution < 1.29 is 108 Å². The van der Waals surface area contributed by atoms with Crippen molar-refractivity contribution in [2.75, 3.05) is 0 Å². The fraction of sp³-hybridized carbons (Fsp3) is 0. The van der Waals surface area contributed by atoms with Gasteiger partial charge in [0, 0.05) is 0 Å². The summed E-state index contributed by atoms with van der Waals surface area (Å²) in [4.78, 5) is 31.0. The summed E-state index contributed by atoms with van der Waals surface area (Å²) in [6.45, 7) is 0. The van der Waals surface area contributed by atoms with Crippen LogP contribution in [-0.4, -0.2) is 32.9 Å². The fourth-order valence-electron chi connectivity index (χ4n) is 0.139. The van der Waals surface area contributed by atoms with Crippen molar-refractivity contribution in [2.24, 2.45) is 0 Å². The van der Waals surface area contributed by atoms with Gasteiger partial charge in [-0.15, -0.1) is 0 Å². The molecule has 0 unspecified atom stereocenters. The van der Waals surface area contributed by atoms with Crippen molar-refractivity contribution in [1.29, 1.82) is 0 Å². The predicted molar refractivity (Wildman–Crippen MR) is 40.8 cm³/mol. The van der Waals surface area contributed by atoms with Gasteiger partial charge >= 0.3 is 74.8 Å². The van der Waals surface area contributed by atoms with E-state index in [2.05, 4.69) is 4.31 Å². The van der Waals surface area contributed by atoms with Crippen LogP contribution in [-0.2, 0) is 24.8 Å². The number of rotatable bonds is 2. The Morgan fingerprint density at radius 1 is 0.933 bits per heavy atom. The van der Waals surface area contributed by atoms with Gasteiger partial charge in [-0.1, -0.05) is 0 Å². The minimum atomic E-state index is -5.05. The molecule has 0 rings (SSSR count). The summed E-state index contributed by atoms with van der Waals surface area (Å²) in [6.07, 6.45) is 0. The van der Waals surface area contributed by atoms with Crippen LogP contribution in [0.15, 0.2) is 0 Å². The van der Waals surface area contributed by atoms with E-state index >= 15 is 0 Å². The van der Waals surface area contributed by atoms with Crippen molar-refractivity contribution in [3.63, 3.8) is 0 Å². The van der Waals surface area contributed by atoms with Crippen LogP contribution >= 0.6 is 15.6 Å². The number of hydrogen-bond acceptors (Lipinski definition) is 4. The molecule has 0 atom stereocenters. The molecule has 0 radical (unpaired) electrons. The van der Waals surface area contributed by atoms with E-state index in [4.69, 9.17) is 32.9 Å². The average molecular weight is 308 g/mol. The molecule has 0 fully saturated rings. The van der Waals surface area contributed by atoms with Crippen LogP contribution in [0.2, 0.25) is 0 Å². The second-order valence-corrected chi connectivity index (χ2v) is 4.37. The molecule has 0 spiro atoms. The molecular weight excluding hydrogens is 300 g/mol. The van der Waals surface area contributed by atoms with Gasteiger partial charge in [0.1, 0.15) is 0 Å². The first-order valence-electron chi connectivity index (χ1n) is 2.06. The van der Waals surface area contributed by atoms with Crippen LogP contribution < -0.4 is 59.1 Å². The van der Waals surface area contributed by atoms with E-state index in [1.807, 2.05) is 0 Å². The average Bonchev–Trinajstić information content (AvgIpc) is 1.47. The van der Waals surface area contributed by atoms with Crippen molar-refractivity contribution in [1.82, 2.24) is 0 Å². The maximum Gasteiger partial charge on any atom is 1.00 e. The van der Waals surface area contributed by atoms with Gasteiger partial charge in [-0.3, -0.25) is 9.11 Å². The third kappa shape index (κ3) is 48.3. The quantitative estimate of drug-likeness (QED) is 0.163. The molecule has 86 valence electrons. The summed E-state index contributed by atoms with van der Waals surface area (Å²) in [6, 6.07) is 0. The summed E-state index contributed by atoms with van der Waals surface area (Å²) in [5, 5.41) is 0. The van der Waals surface area contributed by atoms with Gasteiger partial charge in [-0.25, -0.2) is 9.13 Å². The Kier molecular flexibility index (Phi) is 19.8. The molecule has 0 aromatic carbocycles. The van der Waals surface area contributed by atoms with E-state index in [-0.39, 0.29) is 62.0 Å². The molecule has 0 aliphatic carbocycles. The first-order valence-corrected chi connectivity index (χ1v) is 6.19. The van der Waals surface area contributed by atoms with Crippen molar-refractivity contribution in [2.45, 2.75) is 0 Å². The second kappa shape index (κ2) is 11.4. The van der Waals surface area contributed by atoms with Gasteiger partial charge in [-0.05, 0) is 0 Å². The minimum Gasteiger partial charge on any atom is -1.00 e. The molecule has 0 aromatic rings. The van der Waals surface area contributed by atoms with E-state index in [0.717, 1.165) is 0 Å². The molecule has 0 aromatic heterocycles. The van der Waals surface area contributed by atoms with E-state index in [9.17, 15) is 9.13 Å². The van der Waals surface area contributed by atoms with Crippen LogP contribution in [0.1, 0.15) is 2.85 Å². The molecule has 15 heavy (non-hydrogen) atoms. The van der Waals surface area contributed by atoms with E-state index in [1.165, 1.54) is 0 Å². The first kappa shape index (κ1) is 26.0. The molecule has 0 amide bonds. The van der Waals surface area contributed by atoms with Crippen molar-refractivity contribution in [3.05, 3.63) is 0 Å². The van der Waals surface area contributed by atoms with Gasteiger partial charge in [0.25, 0.3) is 11.4 Å². The maximum absolute atomic E-state index is 9.63. The Morgan fingerprint density at radius 3 is 1.07 bits per heavy atom. The van der Waals surface area contributed by atoms with Crippen LogP contribution in [0.5, 0.6) is 0 Å². The third-order valence-corrected chi connectivity index (χ3v) is 1.91. The van der Waals surface area contributed by atoms with Crippen molar-refractivity contribution >= 4 is 27.0 Å². The molecule has 15 heteroatoms. The molecule has 6 N–H and O–H groups in total. The Balaban J connectivity index is -0.0000000338. The molecular formula is H8Na2O10P2S. The molecule has 0 saturated carbocycles. The molecule has 10 nitrogen and oxygen atoms in total. The normalized spacial score (nSPS) is 10.6. The standard InChI is InChI=1S/2Na.H4O7P2.H2O3S.2H/c;;1-8(2,3)7-9(4,5)6;1-4(2)3;;/h;;(H2,1,2,3)(H2,4,5,6);(H2,1,2,3);;/q2*+1;;;2*-1. The van der Waals surface area contributed by atoms with E-state index in [1.54, 1.807) is 0 Å². The van der Waals surface area contributed by atoms with Crippen LogP contribution in [0.25, 0.3) is 0 Å². The van der Waals surface area contributed by atoms with Crippen LogP contribution in [0, 0.1) is 0 Å². The van der Waals surface area contributed by atoms with Gasteiger partial charge in [0.15, 0.2) is 0 Å². The summed E-state index contributed by atoms with van der Waals surface area (Å²) < 4.78 is 45.0. The molecule has 0 saturated heterocycles. The summed E-state index contributed by atoms with van der Waals surface area (Å²) in [7, 11) is -10.1. The minimum absolute atomic E-state index is 0. The zero-order valence-corrected chi connectivity index (χ0v) is 14.2. The Hall–Kier alpha value is 2.33. The first-order chi connectivity index (χ1) is 5.44. The predicted octanol–water partition coefficient (Wildman–Crippen LogP) is -6.90. The Bertz CT molecular complexity index is 235. The topological polar surface area (TPSA) is 182 Å². The van der Waals surface area contributed by atoms with Crippen LogP contribution in [0.3, 0.4) is 0 Å². The van der Waals surface area contributed by atoms with Gasteiger partial charge in [0.2, 0.25) is 0 Å². The van der Waals surface area contributed by atoms with Crippen molar-refractivity contribution in [3.8, 4) is 0 Å². The number of hydrogen-bond donors (Lipinski definition) is 6. The van der Waals surface area contributed by atoms with Gasteiger partial charge in [0.05, 0.1) is 0 Å². The Morgan fingerprint density at radius 2 is 1.07 bits per heavy atom. The maximum atomic E-state index is 9.63. The second-order valence-electron chi connectivity index (χ2n) is 1.29. The zero-order chi connectivity index (χ0) is 11.3. The fourth-order valence-corrected chi connectivity index (χ4v) is 1.25. The van der Waals surface area contributed by atoms with Gasteiger partial charge < -0.3 is 22.4 Å². The summed E-state index contributed by atoms with van der Waals surface area (Å²) in [5.41, 5.74) is 0. The molecule has 0 bridgehead atoms. The summed E-state index contributed by atoms with van der Waals surface area (Å²) in [5.74, 6) is 0. The van der Waals surface area contributed by atoms with Gasteiger partial charge in [-0.2, -0.15) is 8.52 Å². The van der Waals surface area contributed by atoms with Crippen LogP contribution in [0.4, 0.5) is 0 Å². The zero-order valence-electron chi connectivity index (χ0n) is 9.62. The molecule has 0 aliphatic rings. The molecule has 0 aliphatic heterocycles. The smallest absolute Gasteiger partial charge is 1.00 e. The number of phosphoric acid groups is 2. The van der Waals surface area contributed by atoms with E-state index in [0.29, 0.717) is 0 Å². The molecule has 0 heterocycles. The summed E-state index contributed by atoms with van der Waals surface area (Å²) >= 11 is -2.61. The van der Waals surface area contributed by atoms with E-state index < -0.39 is 27.0 Å². The third-order valence-electron chi connectivity index (χ3n) is 0.213. The largest absolute Gasteiger partial charge is 1.00 e. The SMILES string of the molecule is O=P(O)(O)OP(=O)(O)O.O=S(O)O.[H-].[H-].[Na+].[Na+]. The monoisotopic (exact) mass is 308 g/mol. The Labute approximate surface area is 134 Å².